The van der Waals surface area contributed by atoms with Gasteiger partial charge in [-0.05, 0) is 24.3 Å². The summed E-state index contributed by atoms with van der Waals surface area (Å²) in [4.78, 5) is 37.7. The molecule has 0 bridgehead atoms. The highest BCUT2D eigenvalue weighted by Crippen LogP contribution is 2.26. The molecule has 4 rings (SSSR count). The van der Waals surface area contributed by atoms with Crippen molar-refractivity contribution in [3.8, 4) is 11.5 Å². The van der Waals surface area contributed by atoms with Crippen molar-refractivity contribution in [3.05, 3.63) is 80.5 Å². The van der Waals surface area contributed by atoms with E-state index in [1.165, 1.54) is 26.4 Å². The molecule has 2 heterocycles. The summed E-state index contributed by atoms with van der Waals surface area (Å²) < 4.78 is 20.9. The summed E-state index contributed by atoms with van der Waals surface area (Å²) in [6.45, 7) is 0. The van der Waals surface area contributed by atoms with Gasteiger partial charge in [-0.3, -0.25) is 4.79 Å². The number of ether oxygens (including phenoxy) is 2. The normalized spacial score (nSPS) is 10.9. The fourth-order valence-electron chi connectivity index (χ4n) is 3.02. The predicted octanol–water partition coefficient (Wildman–Crippen LogP) is 3.15. The predicted molar refractivity (Wildman–Crippen MR) is 102 cm³/mol. The van der Waals surface area contributed by atoms with Gasteiger partial charge in [0, 0.05) is 10.8 Å². The molecule has 0 saturated carbocycles. The number of rotatable bonds is 4. The van der Waals surface area contributed by atoms with E-state index in [9.17, 15) is 14.4 Å². The van der Waals surface area contributed by atoms with Crippen LogP contribution in [0.25, 0.3) is 21.9 Å². The largest absolute Gasteiger partial charge is 0.493 e. The number of ketones is 1. The Morgan fingerprint density at radius 1 is 0.750 bits per heavy atom. The van der Waals surface area contributed by atoms with E-state index in [0.717, 1.165) is 0 Å². The lowest BCUT2D eigenvalue weighted by Crippen LogP contribution is -2.21. The zero-order chi connectivity index (χ0) is 19.8. The van der Waals surface area contributed by atoms with Crippen LogP contribution in [-0.2, 0) is 0 Å². The van der Waals surface area contributed by atoms with Crippen LogP contribution < -0.4 is 20.7 Å². The Labute approximate surface area is 157 Å². The molecular formula is C21H14O7. The molecule has 0 aliphatic heterocycles. The van der Waals surface area contributed by atoms with Crippen LogP contribution in [0.2, 0.25) is 0 Å². The average molecular weight is 378 g/mol. The fraction of sp³-hybridized carbons (Fsp3) is 0.0952. The Hall–Kier alpha value is -3.87. The van der Waals surface area contributed by atoms with Gasteiger partial charge < -0.3 is 18.3 Å². The third kappa shape index (κ3) is 2.73. The molecule has 4 aromatic rings. The maximum Gasteiger partial charge on any atom is 0.347 e. The highest BCUT2D eigenvalue weighted by molar-refractivity contribution is 6.11. The van der Waals surface area contributed by atoms with Crippen LogP contribution in [0.1, 0.15) is 15.9 Å². The minimum atomic E-state index is -0.868. The molecule has 0 radical (unpaired) electrons. The van der Waals surface area contributed by atoms with E-state index in [2.05, 4.69) is 0 Å². The molecule has 140 valence electrons. The van der Waals surface area contributed by atoms with Crippen molar-refractivity contribution in [1.82, 2.24) is 0 Å². The van der Waals surface area contributed by atoms with Gasteiger partial charge in [-0.1, -0.05) is 24.3 Å². The minimum absolute atomic E-state index is 0.224. The van der Waals surface area contributed by atoms with Crippen LogP contribution in [0.3, 0.4) is 0 Å². The Bertz CT molecular complexity index is 1240. The highest BCUT2D eigenvalue weighted by Gasteiger charge is 2.22. The zero-order valence-electron chi connectivity index (χ0n) is 15.0. The Kier molecular flexibility index (Phi) is 4.19. The number of methoxy groups -OCH3 is 2. The Morgan fingerprint density at radius 2 is 1.18 bits per heavy atom. The lowest BCUT2D eigenvalue weighted by Gasteiger charge is -2.06. The van der Waals surface area contributed by atoms with Gasteiger partial charge in [0.2, 0.25) is 5.78 Å². The summed E-state index contributed by atoms with van der Waals surface area (Å²) in [5, 5.41) is 0.989. The van der Waals surface area contributed by atoms with Crippen molar-refractivity contribution >= 4 is 27.7 Å². The van der Waals surface area contributed by atoms with Gasteiger partial charge in [0.25, 0.3) is 0 Å². The summed E-state index contributed by atoms with van der Waals surface area (Å²) in [5.41, 5.74) is -1.83. The van der Waals surface area contributed by atoms with Crippen LogP contribution in [0.5, 0.6) is 11.5 Å². The number of carbonyl (C=O) groups excluding carboxylic acids is 1. The second kappa shape index (κ2) is 6.70. The van der Waals surface area contributed by atoms with E-state index >= 15 is 0 Å². The molecule has 7 heteroatoms. The third-order valence-corrected chi connectivity index (χ3v) is 4.38. The second-order valence-electron chi connectivity index (χ2n) is 5.98. The molecule has 0 amide bonds. The molecule has 0 aliphatic rings. The van der Waals surface area contributed by atoms with Gasteiger partial charge >= 0.3 is 11.3 Å². The molecule has 0 aliphatic carbocycles. The standard InChI is InChI=1S/C21H14O7/c1-25-15-7-3-5-11-9-13(20(23)27-18(11)15)17(22)14-10-12-6-4-8-16(26-2)19(12)28-21(14)24/h3-10H,1-2H3. The van der Waals surface area contributed by atoms with E-state index in [1.807, 2.05) is 0 Å². The van der Waals surface area contributed by atoms with Crippen LogP contribution in [0.15, 0.2) is 67.0 Å². The van der Waals surface area contributed by atoms with E-state index in [4.69, 9.17) is 18.3 Å². The minimum Gasteiger partial charge on any atom is -0.493 e. The quantitative estimate of drug-likeness (QED) is 0.397. The first-order valence-electron chi connectivity index (χ1n) is 8.30. The first-order chi connectivity index (χ1) is 13.5. The topological polar surface area (TPSA) is 96.0 Å². The molecule has 28 heavy (non-hydrogen) atoms. The van der Waals surface area contributed by atoms with Crippen LogP contribution in [-0.4, -0.2) is 20.0 Å². The number of fused-ring (bicyclic) bond motifs is 2. The van der Waals surface area contributed by atoms with Crippen LogP contribution >= 0.6 is 0 Å². The number of hydrogen-bond acceptors (Lipinski definition) is 7. The van der Waals surface area contributed by atoms with Crippen molar-refractivity contribution in [1.29, 1.82) is 0 Å². The van der Waals surface area contributed by atoms with Gasteiger partial charge in [-0.25, -0.2) is 9.59 Å². The molecule has 0 N–H and O–H groups in total. The molecule has 0 unspecified atom stereocenters. The first kappa shape index (κ1) is 17.5. The number of carbonyl (C=O) groups is 1. The highest BCUT2D eigenvalue weighted by atomic mass is 16.5. The molecule has 0 spiro atoms. The van der Waals surface area contributed by atoms with Crippen molar-refractivity contribution in [2.75, 3.05) is 14.2 Å². The van der Waals surface area contributed by atoms with Gasteiger partial charge in [0.1, 0.15) is 11.1 Å². The van der Waals surface area contributed by atoms with E-state index < -0.39 is 17.0 Å². The smallest absolute Gasteiger partial charge is 0.347 e. The van der Waals surface area contributed by atoms with Gasteiger partial charge in [0.05, 0.1) is 14.2 Å². The molecular weight excluding hydrogens is 364 g/mol. The SMILES string of the molecule is COc1cccc2cc(C(=O)c3cc4cccc(OC)c4oc3=O)c(=O)oc12. The number of hydrogen-bond donors (Lipinski definition) is 0. The fourth-order valence-corrected chi connectivity index (χ4v) is 3.02. The average Bonchev–Trinajstić information content (AvgIpc) is 2.71. The van der Waals surface area contributed by atoms with Crippen LogP contribution in [0.4, 0.5) is 0 Å². The Balaban J connectivity index is 1.90. The summed E-state index contributed by atoms with van der Waals surface area (Å²) in [7, 11) is 2.89. The number of para-hydroxylation sites is 2. The third-order valence-electron chi connectivity index (χ3n) is 4.38. The van der Waals surface area contributed by atoms with Gasteiger partial charge in [-0.2, -0.15) is 0 Å². The van der Waals surface area contributed by atoms with Crippen molar-refractivity contribution in [2.45, 2.75) is 0 Å². The van der Waals surface area contributed by atoms with E-state index in [0.29, 0.717) is 22.3 Å². The lowest BCUT2D eigenvalue weighted by molar-refractivity contribution is 0.103. The zero-order valence-corrected chi connectivity index (χ0v) is 15.0. The van der Waals surface area contributed by atoms with Crippen LogP contribution in [0, 0.1) is 0 Å². The number of benzene rings is 2. The summed E-state index contributed by atoms with van der Waals surface area (Å²) in [5.74, 6) is -0.0474. The Morgan fingerprint density at radius 3 is 1.57 bits per heavy atom. The maximum absolute atomic E-state index is 12.9. The van der Waals surface area contributed by atoms with E-state index in [-0.39, 0.29) is 22.3 Å². The molecule has 2 aromatic heterocycles. The van der Waals surface area contributed by atoms with Crippen molar-refractivity contribution in [2.24, 2.45) is 0 Å². The monoisotopic (exact) mass is 378 g/mol. The molecule has 7 nitrogen and oxygen atoms in total. The van der Waals surface area contributed by atoms with E-state index in [1.54, 1.807) is 36.4 Å². The molecule has 2 aromatic carbocycles. The summed E-state index contributed by atoms with van der Waals surface area (Å²) >= 11 is 0. The molecule has 0 saturated heterocycles. The van der Waals surface area contributed by atoms with Crippen molar-refractivity contribution in [3.63, 3.8) is 0 Å². The lowest BCUT2D eigenvalue weighted by atomic mass is 10.0. The molecule has 0 fully saturated rings. The maximum atomic E-state index is 12.9. The summed E-state index contributed by atoms with van der Waals surface area (Å²) in [6.07, 6.45) is 0. The van der Waals surface area contributed by atoms with Gasteiger partial charge in [0.15, 0.2) is 22.7 Å². The summed E-state index contributed by atoms with van der Waals surface area (Å²) in [6, 6.07) is 12.8. The first-order valence-corrected chi connectivity index (χ1v) is 8.30. The molecule has 0 atom stereocenters. The van der Waals surface area contributed by atoms with Crippen molar-refractivity contribution < 1.29 is 23.1 Å². The van der Waals surface area contributed by atoms with Gasteiger partial charge in [-0.15, -0.1) is 0 Å². The second-order valence-corrected chi connectivity index (χ2v) is 5.98.